The Morgan fingerprint density at radius 2 is 2.21 bits per heavy atom. The molecular formula is C10H17N3O. The van der Waals surface area contributed by atoms with Gasteiger partial charge in [-0.3, -0.25) is 0 Å². The maximum atomic E-state index is 5.89. The van der Waals surface area contributed by atoms with E-state index in [9.17, 15) is 0 Å². The SMILES string of the molecule is CCc1cc(N)c(N2CCNCC2)o1. The Kier molecular flexibility index (Phi) is 2.63. The van der Waals surface area contributed by atoms with Crippen molar-refractivity contribution < 1.29 is 4.42 Å². The molecule has 0 amide bonds. The van der Waals surface area contributed by atoms with Crippen molar-refractivity contribution in [1.29, 1.82) is 0 Å². The number of nitrogens with two attached hydrogens (primary N) is 1. The van der Waals surface area contributed by atoms with Gasteiger partial charge in [0.1, 0.15) is 5.76 Å². The van der Waals surface area contributed by atoms with Gasteiger partial charge in [-0.05, 0) is 0 Å². The second kappa shape index (κ2) is 3.92. The summed E-state index contributed by atoms with van der Waals surface area (Å²) in [6.07, 6.45) is 0.899. The molecule has 4 nitrogen and oxygen atoms in total. The fraction of sp³-hybridized carbons (Fsp3) is 0.600. The molecule has 1 aliphatic rings. The van der Waals surface area contributed by atoms with Crippen molar-refractivity contribution in [2.24, 2.45) is 0 Å². The minimum Gasteiger partial charge on any atom is -0.443 e. The topological polar surface area (TPSA) is 54.4 Å². The van der Waals surface area contributed by atoms with Gasteiger partial charge in [-0.1, -0.05) is 6.92 Å². The summed E-state index contributed by atoms with van der Waals surface area (Å²) in [4.78, 5) is 2.20. The van der Waals surface area contributed by atoms with Crippen LogP contribution in [0.15, 0.2) is 10.5 Å². The third-order valence-electron chi connectivity index (χ3n) is 2.54. The second-order valence-electron chi connectivity index (χ2n) is 3.56. The third kappa shape index (κ3) is 1.70. The number of aryl methyl sites for hydroxylation is 1. The molecule has 0 unspecified atom stereocenters. The molecule has 0 saturated carbocycles. The van der Waals surface area contributed by atoms with E-state index >= 15 is 0 Å². The van der Waals surface area contributed by atoms with E-state index in [1.807, 2.05) is 6.07 Å². The molecule has 0 aromatic carbocycles. The largest absolute Gasteiger partial charge is 0.443 e. The average Bonchev–Trinajstić information content (AvgIpc) is 2.61. The van der Waals surface area contributed by atoms with E-state index in [0.717, 1.165) is 49.9 Å². The summed E-state index contributed by atoms with van der Waals surface area (Å²) in [6.45, 7) is 6.02. The molecule has 78 valence electrons. The first-order valence-electron chi connectivity index (χ1n) is 5.15. The third-order valence-corrected chi connectivity index (χ3v) is 2.54. The van der Waals surface area contributed by atoms with Crippen LogP contribution in [0.25, 0.3) is 0 Å². The second-order valence-corrected chi connectivity index (χ2v) is 3.56. The highest BCUT2D eigenvalue weighted by Gasteiger charge is 2.17. The number of piperazine rings is 1. The van der Waals surface area contributed by atoms with Gasteiger partial charge in [-0.2, -0.15) is 0 Å². The zero-order chi connectivity index (χ0) is 9.97. The first-order valence-corrected chi connectivity index (χ1v) is 5.15. The molecule has 1 saturated heterocycles. The number of rotatable bonds is 2. The lowest BCUT2D eigenvalue weighted by molar-refractivity contribution is 0.481. The summed E-state index contributed by atoms with van der Waals surface area (Å²) in [5.41, 5.74) is 6.66. The van der Waals surface area contributed by atoms with E-state index < -0.39 is 0 Å². The van der Waals surface area contributed by atoms with E-state index in [1.54, 1.807) is 0 Å². The highest BCUT2D eigenvalue weighted by Crippen LogP contribution is 2.27. The standard InChI is InChI=1S/C10H17N3O/c1-2-8-7-9(11)10(14-8)13-5-3-12-4-6-13/h7,12H,2-6,11H2,1H3. The van der Waals surface area contributed by atoms with Gasteiger partial charge in [-0.25, -0.2) is 0 Å². The predicted molar refractivity (Wildman–Crippen MR) is 57.6 cm³/mol. The minimum absolute atomic E-state index is 0.767. The fourth-order valence-electron chi connectivity index (χ4n) is 1.74. The van der Waals surface area contributed by atoms with E-state index in [-0.39, 0.29) is 0 Å². The fourth-order valence-corrected chi connectivity index (χ4v) is 1.74. The van der Waals surface area contributed by atoms with Gasteiger partial charge < -0.3 is 20.4 Å². The van der Waals surface area contributed by atoms with Crippen molar-refractivity contribution in [2.45, 2.75) is 13.3 Å². The molecule has 4 heteroatoms. The molecule has 1 fully saturated rings. The Bertz CT molecular complexity index is 302. The molecular weight excluding hydrogens is 178 g/mol. The highest BCUT2D eigenvalue weighted by atomic mass is 16.4. The molecule has 2 rings (SSSR count). The van der Waals surface area contributed by atoms with Crippen LogP contribution in [0.5, 0.6) is 0 Å². The van der Waals surface area contributed by atoms with Crippen LogP contribution in [0.3, 0.4) is 0 Å². The van der Waals surface area contributed by atoms with E-state index in [0.29, 0.717) is 0 Å². The van der Waals surface area contributed by atoms with E-state index in [1.165, 1.54) is 0 Å². The Morgan fingerprint density at radius 3 is 2.79 bits per heavy atom. The Hall–Kier alpha value is -1.16. The molecule has 3 N–H and O–H groups in total. The number of furan rings is 1. The lowest BCUT2D eigenvalue weighted by atomic mass is 10.3. The van der Waals surface area contributed by atoms with Crippen LogP contribution in [0.1, 0.15) is 12.7 Å². The summed E-state index contributed by atoms with van der Waals surface area (Å²) in [5, 5.41) is 3.30. The number of anilines is 2. The average molecular weight is 195 g/mol. The Labute approximate surface area is 84.1 Å². The summed E-state index contributed by atoms with van der Waals surface area (Å²) in [5.74, 6) is 1.82. The number of hydrogen-bond acceptors (Lipinski definition) is 4. The first kappa shape index (κ1) is 9.40. The quantitative estimate of drug-likeness (QED) is 0.734. The van der Waals surface area contributed by atoms with Crippen LogP contribution >= 0.6 is 0 Å². The number of nitrogen functional groups attached to an aromatic ring is 1. The Balaban J connectivity index is 2.17. The number of nitrogens with one attached hydrogen (secondary N) is 1. The maximum Gasteiger partial charge on any atom is 0.218 e. The van der Waals surface area contributed by atoms with Crippen LogP contribution in [0.2, 0.25) is 0 Å². The molecule has 0 atom stereocenters. The normalized spacial score (nSPS) is 17.4. The lowest BCUT2D eigenvalue weighted by Crippen LogP contribution is -2.43. The smallest absolute Gasteiger partial charge is 0.218 e. The lowest BCUT2D eigenvalue weighted by Gasteiger charge is -2.27. The predicted octanol–water partition coefficient (Wildman–Crippen LogP) is 0.834. The zero-order valence-corrected chi connectivity index (χ0v) is 8.55. The molecule has 0 aliphatic carbocycles. The molecule has 1 aliphatic heterocycles. The van der Waals surface area contributed by atoms with E-state index in [2.05, 4.69) is 17.1 Å². The van der Waals surface area contributed by atoms with Crippen molar-refractivity contribution in [2.75, 3.05) is 36.8 Å². The molecule has 0 radical (unpaired) electrons. The summed E-state index contributed by atoms with van der Waals surface area (Å²) >= 11 is 0. The van der Waals surface area contributed by atoms with Crippen molar-refractivity contribution in [3.63, 3.8) is 0 Å². The molecule has 1 aromatic rings. The van der Waals surface area contributed by atoms with Gasteiger partial charge >= 0.3 is 0 Å². The van der Waals surface area contributed by atoms with Crippen molar-refractivity contribution >= 4 is 11.6 Å². The zero-order valence-electron chi connectivity index (χ0n) is 8.55. The van der Waals surface area contributed by atoms with Crippen LogP contribution in [0.4, 0.5) is 11.6 Å². The first-order chi connectivity index (χ1) is 6.81. The molecule has 14 heavy (non-hydrogen) atoms. The maximum absolute atomic E-state index is 5.89. The van der Waals surface area contributed by atoms with Crippen LogP contribution < -0.4 is 16.0 Å². The molecule has 0 spiro atoms. The van der Waals surface area contributed by atoms with Crippen LogP contribution in [-0.2, 0) is 6.42 Å². The van der Waals surface area contributed by atoms with Crippen molar-refractivity contribution in [1.82, 2.24) is 5.32 Å². The molecule has 2 heterocycles. The van der Waals surface area contributed by atoms with Gasteiger partial charge in [0, 0.05) is 38.7 Å². The highest BCUT2D eigenvalue weighted by molar-refractivity contribution is 5.62. The van der Waals surface area contributed by atoms with Crippen molar-refractivity contribution in [3.05, 3.63) is 11.8 Å². The summed E-state index contributed by atoms with van der Waals surface area (Å²) in [7, 11) is 0. The number of nitrogens with zero attached hydrogens (tertiary/aromatic N) is 1. The molecule has 0 bridgehead atoms. The summed E-state index contributed by atoms with van der Waals surface area (Å²) in [6, 6.07) is 1.93. The van der Waals surface area contributed by atoms with Gasteiger partial charge in [0.05, 0.1) is 5.69 Å². The van der Waals surface area contributed by atoms with Gasteiger partial charge in [-0.15, -0.1) is 0 Å². The van der Waals surface area contributed by atoms with Crippen molar-refractivity contribution in [3.8, 4) is 0 Å². The Morgan fingerprint density at radius 1 is 1.50 bits per heavy atom. The summed E-state index contributed by atoms with van der Waals surface area (Å²) < 4.78 is 5.68. The monoisotopic (exact) mass is 195 g/mol. The van der Waals surface area contributed by atoms with Gasteiger partial charge in [0.2, 0.25) is 5.88 Å². The molecule has 1 aromatic heterocycles. The van der Waals surface area contributed by atoms with Gasteiger partial charge in [0.25, 0.3) is 0 Å². The number of hydrogen-bond donors (Lipinski definition) is 2. The van der Waals surface area contributed by atoms with Crippen LogP contribution in [-0.4, -0.2) is 26.2 Å². The van der Waals surface area contributed by atoms with Crippen LogP contribution in [0, 0.1) is 0 Å². The minimum atomic E-state index is 0.767. The van der Waals surface area contributed by atoms with Gasteiger partial charge in [0.15, 0.2) is 0 Å². The van der Waals surface area contributed by atoms with E-state index in [4.69, 9.17) is 10.2 Å².